The maximum absolute atomic E-state index is 3.98. The molecular formula is C27H32. The molecule has 140 valence electrons. The second-order valence-electron chi connectivity index (χ2n) is 8.48. The minimum Gasteiger partial charge on any atom is -0.103 e. The summed E-state index contributed by atoms with van der Waals surface area (Å²) in [6.07, 6.45) is 15.7. The van der Waals surface area contributed by atoms with Crippen LogP contribution in [-0.4, -0.2) is 0 Å². The molecule has 4 rings (SSSR count). The second-order valence-corrected chi connectivity index (χ2v) is 8.48. The van der Waals surface area contributed by atoms with Gasteiger partial charge in [0.1, 0.15) is 0 Å². The van der Waals surface area contributed by atoms with Crippen molar-refractivity contribution in [3.63, 3.8) is 0 Å². The van der Waals surface area contributed by atoms with E-state index in [-0.39, 0.29) is 0 Å². The lowest BCUT2D eigenvalue weighted by atomic mass is 9.78. The Morgan fingerprint density at radius 3 is 2.26 bits per heavy atom. The van der Waals surface area contributed by atoms with Gasteiger partial charge < -0.3 is 0 Å². The summed E-state index contributed by atoms with van der Waals surface area (Å²) in [5, 5.41) is 0. The van der Waals surface area contributed by atoms with Gasteiger partial charge in [0.2, 0.25) is 0 Å². The van der Waals surface area contributed by atoms with Gasteiger partial charge in [-0.3, -0.25) is 0 Å². The first-order chi connectivity index (χ1) is 13.3. The van der Waals surface area contributed by atoms with E-state index < -0.39 is 0 Å². The number of benzene rings is 2. The van der Waals surface area contributed by atoms with Gasteiger partial charge >= 0.3 is 0 Å². The summed E-state index contributed by atoms with van der Waals surface area (Å²) >= 11 is 0. The topological polar surface area (TPSA) is 0 Å². The van der Waals surface area contributed by atoms with Crippen molar-refractivity contribution >= 4 is 0 Å². The number of aryl methyl sites for hydroxylation is 1. The van der Waals surface area contributed by atoms with E-state index >= 15 is 0 Å². The predicted molar refractivity (Wildman–Crippen MR) is 117 cm³/mol. The lowest BCUT2D eigenvalue weighted by molar-refractivity contribution is 0.376. The standard InChI is InChI=1S/C27H32/c1-3-5-21-7-9-22(10-8-21)23-12-14-24(15-13-23)26-17-16-25-18-20(4-2)6-11-27(25)19-26/h3-5,12-17,19-22H,2,6-11,18H2,1H3/b5-3+. The van der Waals surface area contributed by atoms with Crippen LogP contribution in [0.5, 0.6) is 0 Å². The monoisotopic (exact) mass is 356 g/mol. The molecule has 2 aromatic rings. The number of hydrogen-bond donors (Lipinski definition) is 0. The van der Waals surface area contributed by atoms with Crippen LogP contribution in [0.2, 0.25) is 0 Å². The van der Waals surface area contributed by atoms with Crippen LogP contribution in [0, 0.1) is 11.8 Å². The first-order valence-corrected chi connectivity index (χ1v) is 10.7. The molecule has 0 amide bonds. The van der Waals surface area contributed by atoms with E-state index in [1.54, 1.807) is 0 Å². The second kappa shape index (κ2) is 8.30. The highest BCUT2D eigenvalue weighted by molar-refractivity contribution is 5.65. The van der Waals surface area contributed by atoms with Gasteiger partial charge in [-0.15, -0.1) is 6.58 Å². The predicted octanol–water partition coefficient (Wildman–Crippen LogP) is 7.49. The fourth-order valence-electron chi connectivity index (χ4n) is 5.03. The molecule has 1 unspecified atom stereocenters. The molecule has 0 nitrogen and oxygen atoms in total. The third kappa shape index (κ3) is 4.10. The molecule has 0 spiro atoms. The normalized spacial score (nSPS) is 25.3. The number of rotatable bonds is 4. The SMILES string of the molecule is C=CC1CCc2cc(-c3ccc(C4CCC(/C=C/C)CC4)cc3)ccc2C1. The molecule has 0 saturated heterocycles. The van der Waals surface area contributed by atoms with Gasteiger partial charge in [0.15, 0.2) is 0 Å². The molecule has 0 bridgehead atoms. The van der Waals surface area contributed by atoms with E-state index in [1.807, 2.05) is 0 Å². The molecule has 27 heavy (non-hydrogen) atoms. The molecule has 0 heteroatoms. The van der Waals surface area contributed by atoms with Crippen molar-refractivity contribution < 1.29 is 0 Å². The maximum Gasteiger partial charge on any atom is -0.0162 e. The summed E-state index contributed by atoms with van der Waals surface area (Å²) in [4.78, 5) is 0. The van der Waals surface area contributed by atoms with E-state index in [4.69, 9.17) is 0 Å². The Morgan fingerprint density at radius 1 is 0.815 bits per heavy atom. The van der Waals surface area contributed by atoms with Crippen LogP contribution >= 0.6 is 0 Å². The zero-order valence-corrected chi connectivity index (χ0v) is 16.7. The van der Waals surface area contributed by atoms with Gasteiger partial charge in [-0.25, -0.2) is 0 Å². The van der Waals surface area contributed by atoms with Crippen molar-refractivity contribution in [1.29, 1.82) is 0 Å². The van der Waals surface area contributed by atoms with Gasteiger partial charge in [-0.05, 0) is 97.4 Å². The zero-order chi connectivity index (χ0) is 18.6. The van der Waals surface area contributed by atoms with E-state index in [0.29, 0.717) is 5.92 Å². The maximum atomic E-state index is 3.98. The van der Waals surface area contributed by atoms with Gasteiger partial charge in [0.25, 0.3) is 0 Å². The Bertz CT molecular complexity index is 800. The Morgan fingerprint density at radius 2 is 1.56 bits per heavy atom. The lowest BCUT2D eigenvalue weighted by Crippen LogP contribution is -2.12. The van der Waals surface area contributed by atoms with Crippen LogP contribution in [0.25, 0.3) is 11.1 Å². The third-order valence-corrected chi connectivity index (χ3v) is 6.76. The first-order valence-electron chi connectivity index (χ1n) is 10.7. The van der Waals surface area contributed by atoms with Gasteiger partial charge in [0, 0.05) is 0 Å². The average Bonchev–Trinajstić information content (AvgIpc) is 2.74. The third-order valence-electron chi connectivity index (χ3n) is 6.76. The van der Waals surface area contributed by atoms with Crippen molar-refractivity contribution in [1.82, 2.24) is 0 Å². The number of fused-ring (bicyclic) bond motifs is 1. The summed E-state index contributed by atoms with van der Waals surface area (Å²) in [5.74, 6) is 2.21. The molecule has 0 aliphatic heterocycles. The summed E-state index contributed by atoms with van der Waals surface area (Å²) in [6.45, 7) is 6.12. The Balaban J connectivity index is 1.46. The molecule has 2 aliphatic carbocycles. The van der Waals surface area contributed by atoms with Crippen molar-refractivity contribution in [2.45, 2.75) is 57.8 Å². The molecule has 0 heterocycles. The van der Waals surface area contributed by atoms with Crippen molar-refractivity contribution in [2.75, 3.05) is 0 Å². The fraction of sp³-hybridized carbons (Fsp3) is 0.407. The van der Waals surface area contributed by atoms with Crippen LogP contribution in [0.4, 0.5) is 0 Å². The van der Waals surface area contributed by atoms with Crippen molar-refractivity contribution in [3.8, 4) is 11.1 Å². The Kier molecular flexibility index (Phi) is 5.62. The molecule has 1 atom stereocenters. The fourth-order valence-corrected chi connectivity index (χ4v) is 5.03. The molecule has 2 aromatic carbocycles. The molecule has 2 aliphatic rings. The molecule has 1 fully saturated rings. The minimum absolute atomic E-state index is 0.658. The highest BCUT2D eigenvalue weighted by Crippen LogP contribution is 2.37. The van der Waals surface area contributed by atoms with Crippen LogP contribution in [0.1, 0.15) is 61.6 Å². The number of hydrogen-bond acceptors (Lipinski definition) is 0. The summed E-state index contributed by atoms with van der Waals surface area (Å²) in [5.41, 5.74) is 7.31. The summed E-state index contributed by atoms with van der Waals surface area (Å²) < 4.78 is 0. The zero-order valence-electron chi connectivity index (χ0n) is 16.7. The number of allylic oxidation sites excluding steroid dienone is 3. The summed E-state index contributed by atoms with van der Waals surface area (Å²) in [6, 6.07) is 16.5. The van der Waals surface area contributed by atoms with E-state index in [0.717, 1.165) is 18.3 Å². The van der Waals surface area contributed by atoms with Crippen LogP contribution in [0.15, 0.2) is 67.3 Å². The molecule has 0 aromatic heterocycles. The molecule has 0 N–H and O–H groups in total. The molecule has 0 radical (unpaired) electrons. The van der Waals surface area contributed by atoms with Crippen LogP contribution < -0.4 is 0 Å². The van der Waals surface area contributed by atoms with Gasteiger partial charge in [0.05, 0.1) is 0 Å². The highest BCUT2D eigenvalue weighted by Gasteiger charge is 2.21. The quantitative estimate of drug-likeness (QED) is 0.498. The highest BCUT2D eigenvalue weighted by atomic mass is 14.3. The molecular weight excluding hydrogens is 324 g/mol. The molecule has 1 saturated carbocycles. The van der Waals surface area contributed by atoms with E-state index in [9.17, 15) is 0 Å². The van der Waals surface area contributed by atoms with Crippen molar-refractivity contribution in [3.05, 3.63) is 84.0 Å². The first kappa shape index (κ1) is 18.3. The average molecular weight is 357 g/mol. The largest absolute Gasteiger partial charge is 0.103 e. The van der Waals surface area contributed by atoms with Crippen LogP contribution in [-0.2, 0) is 12.8 Å². The van der Waals surface area contributed by atoms with Crippen LogP contribution in [0.3, 0.4) is 0 Å². The minimum atomic E-state index is 0.658. The van der Waals surface area contributed by atoms with Gasteiger partial charge in [-0.1, -0.05) is 60.7 Å². The smallest absolute Gasteiger partial charge is 0.0162 e. The van der Waals surface area contributed by atoms with Gasteiger partial charge in [-0.2, -0.15) is 0 Å². The Hall–Kier alpha value is -2.08. The van der Waals surface area contributed by atoms with Crippen molar-refractivity contribution in [2.24, 2.45) is 11.8 Å². The Labute approximate surface area is 165 Å². The van der Waals surface area contributed by atoms with E-state index in [1.165, 1.54) is 66.3 Å². The lowest BCUT2D eigenvalue weighted by Gasteiger charge is -2.27. The summed E-state index contributed by atoms with van der Waals surface area (Å²) in [7, 11) is 0. The van der Waals surface area contributed by atoms with E-state index in [2.05, 4.69) is 74.2 Å².